The van der Waals surface area contributed by atoms with E-state index in [0.717, 1.165) is 11.3 Å². The minimum atomic E-state index is -0.470. The quantitative estimate of drug-likeness (QED) is 0.401. The number of hydrogen-bond donors (Lipinski definition) is 3. The Morgan fingerprint density at radius 2 is 2.00 bits per heavy atom. The third-order valence-corrected chi connectivity index (χ3v) is 3.65. The number of nitrogens with one attached hydrogen (secondary N) is 3. The molecule has 27 heavy (non-hydrogen) atoms. The lowest BCUT2D eigenvalue weighted by Gasteiger charge is -2.11. The van der Waals surface area contributed by atoms with Gasteiger partial charge in [0.2, 0.25) is 5.91 Å². The molecule has 0 aliphatic heterocycles. The molecule has 1 aromatic carbocycles. The fourth-order valence-corrected chi connectivity index (χ4v) is 2.34. The number of thiocarbonyl (C=S) groups is 1. The highest BCUT2D eigenvalue weighted by Crippen LogP contribution is 2.21. The second-order valence-corrected chi connectivity index (χ2v) is 6.32. The summed E-state index contributed by atoms with van der Waals surface area (Å²) in [6.07, 6.45) is 2.77. The molecule has 2 amide bonds. The lowest BCUT2D eigenvalue weighted by Crippen LogP contribution is -2.49. The zero-order valence-electron chi connectivity index (χ0n) is 14.7. The zero-order valence-corrected chi connectivity index (χ0v) is 16.2. The van der Waals surface area contributed by atoms with E-state index < -0.39 is 11.8 Å². The van der Waals surface area contributed by atoms with Gasteiger partial charge >= 0.3 is 0 Å². The van der Waals surface area contributed by atoms with E-state index in [1.807, 2.05) is 6.92 Å². The molecule has 7 nitrogen and oxygen atoms in total. The van der Waals surface area contributed by atoms with Crippen LogP contribution in [0.25, 0.3) is 6.08 Å². The van der Waals surface area contributed by atoms with Crippen molar-refractivity contribution in [3.05, 3.63) is 58.5 Å². The first kappa shape index (κ1) is 20.5. The number of furan rings is 1. The van der Waals surface area contributed by atoms with Crippen molar-refractivity contribution in [2.24, 2.45) is 0 Å². The second-order valence-electron chi connectivity index (χ2n) is 5.47. The van der Waals surface area contributed by atoms with E-state index in [2.05, 4.69) is 16.2 Å². The molecule has 9 heteroatoms. The van der Waals surface area contributed by atoms with Crippen molar-refractivity contribution in [3.8, 4) is 5.75 Å². The summed E-state index contributed by atoms with van der Waals surface area (Å²) in [5.74, 6) is 0.894. The summed E-state index contributed by atoms with van der Waals surface area (Å²) in [5.41, 5.74) is 5.55. The Morgan fingerprint density at radius 1 is 1.22 bits per heavy atom. The molecule has 142 valence electrons. The molecule has 0 saturated heterocycles. The first-order valence-corrected chi connectivity index (χ1v) is 8.65. The smallest absolute Gasteiger partial charge is 0.276 e. The summed E-state index contributed by atoms with van der Waals surface area (Å²) < 4.78 is 10.7. The summed E-state index contributed by atoms with van der Waals surface area (Å²) >= 11 is 10.8. The Morgan fingerprint density at radius 3 is 2.67 bits per heavy atom. The van der Waals surface area contributed by atoms with Crippen molar-refractivity contribution in [2.45, 2.75) is 13.8 Å². The number of hydrazine groups is 1. The van der Waals surface area contributed by atoms with Crippen LogP contribution in [-0.4, -0.2) is 23.5 Å². The topological polar surface area (TPSA) is 92.6 Å². The van der Waals surface area contributed by atoms with Gasteiger partial charge in [-0.3, -0.25) is 25.8 Å². The average Bonchev–Trinajstić information content (AvgIpc) is 3.03. The summed E-state index contributed by atoms with van der Waals surface area (Å²) in [6.45, 7) is 3.39. The molecule has 2 rings (SSSR count). The number of aryl methyl sites for hydroxylation is 2. The second kappa shape index (κ2) is 9.75. The van der Waals surface area contributed by atoms with E-state index in [0.29, 0.717) is 16.5 Å². The molecular weight excluding hydrogens is 390 g/mol. The van der Waals surface area contributed by atoms with Gasteiger partial charge in [0.25, 0.3) is 5.91 Å². The summed E-state index contributed by atoms with van der Waals surface area (Å²) in [7, 11) is 0. The molecule has 0 atom stereocenters. The third-order valence-electron chi connectivity index (χ3n) is 3.21. The van der Waals surface area contributed by atoms with E-state index in [-0.39, 0.29) is 11.7 Å². The Kier molecular flexibility index (Phi) is 7.39. The van der Waals surface area contributed by atoms with Crippen LogP contribution in [0.3, 0.4) is 0 Å². The number of halogens is 1. The maximum atomic E-state index is 11.8. The van der Waals surface area contributed by atoms with Crippen LogP contribution in [0.5, 0.6) is 5.75 Å². The zero-order chi connectivity index (χ0) is 19.8. The Bertz CT molecular complexity index is 879. The van der Waals surface area contributed by atoms with Gasteiger partial charge in [0, 0.05) is 11.1 Å². The first-order chi connectivity index (χ1) is 12.8. The molecule has 0 fully saturated rings. The molecule has 0 bridgehead atoms. The monoisotopic (exact) mass is 407 g/mol. The Labute approximate surface area is 166 Å². The van der Waals surface area contributed by atoms with E-state index in [1.54, 1.807) is 37.3 Å². The van der Waals surface area contributed by atoms with Gasteiger partial charge in [-0.2, -0.15) is 0 Å². The van der Waals surface area contributed by atoms with Crippen LogP contribution in [0, 0.1) is 13.8 Å². The van der Waals surface area contributed by atoms with Crippen molar-refractivity contribution in [1.82, 2.24) is 16.2 Å². The van der Waals surface area contributed by atoms with Gasteiger partial charge in [-0.25, -0.2) is 0 Å². The number of ether oxygens (including phenoxy) is 1. The number of carbonyl (C=O) groups excluding carboxylic acids is 2. The number of rotatable bonds is 5. The Hall–Kier alpha value is -2.84. The van der Waals surface area contributed by atoms with E-state index in [1.165, 1.54) is 12.2 Å². The van der Waals surface area contributed by atoms with Crippen molar-refractivity contribution >= 4 is 46.8 Å². The van der Waals surface area contributed by atoms with E-state index >= 15 is 0 Å². The van der Waals surface area contributed by atoms with Crippen LogP contribution in [-0.2, 0) is 9.59 Å². The first-order valence-electron chi connectivity index (χ1n) is 7.87. The predicted molar refractivity (Wildman–Crippen MR) is 106 cm³/mol. The Balaban J connectivity index is 1.70. The van der Waals surface area contributed by atoms with Gasteiger partial charge in [0.15, 0.2) is 11.7 Å². The van der Waals surface area contributed by atoms with Crippen LogP contribution >= 0.6 is 23.8 Å². The molecule has 0 radical (unpaired) electrons. The number of hydrogen-bond acceptors (Lipinski definition) is 5. The third kappa shape index (κ3) is 7.12. The van der Waals surface area contributed by atoms with Crippen molar-refractivity contribution in [1.29, 1.82) is 0 Å². The van der Waals surface area contributed by atoms with E-state index in [9.17, 15) is 9.59 Å². The molecule has 0 spiro atoms. The highest BCUT2D eigenvalue weighted by Gasteiger charge is 2.07. The van der Waals surface area contributed by atoms with Crippen LogP contribution in [0.2, 0.25) is 5.02 Å². The molecule has 0 aliphatic rings. The van der Waals surface area contributed by atoms with Gasteiger partial charge in [0.05, 0.1) is 0 Å². The van der Waals surface area contributed by atoms with Gasteiger partial charge < -0.3 is 9.15 Å². The van der Waals surface area contributed by atoms with Gasteiger partial charge in [-0.1, -0.05) is 11.6 Å². The fourth-order valence-electron chi connectivity index (χ4n) is 1.97. The molecule has 3 N–H and O–H groups in total. The van der Waals surface area contributed by atoms with Crippen molar-refractivity contribution < 1.29 is 18.7 Å². The number of carbonyl (C=O) groups is 2. The summed E-state index contributed by atoms with van der Waals surface area (Å²) in [4.78, 5) is 23.5. The SMILES string of the molecule is Cc1ccc(/C=C/C(=O)NC(=S)NNC(=O)COc2ccc(Cl)cc2C)o1. The fraction of sp³-hybridized carbons (Fsp3) is 0.167. The molecule has 0 aliphatic carbocycles. The van der Waals surface area contributed by atoms with Gasteiger partial charge in [-0.15, -0.1) is 0 Å². The minimum Gasteiger partial charge on any atom is -0.483 e. The highest BCUT2D eigenvalue weighted by molar-refractivity contribution is 7.80. The predicted octanol–water partition coefficient (Wildman–Crippen LogP) is 2.66. The van der Waals surface area contributed by atoms with Gasteiger partial charge in [-0.05, 0) is 68.0 Å². The summed E-state index contributed by atoms with van der Waals surface area (Å²) in [5, 5.41) is 2.91. The van der Waals surface area contributed by atoms with Gasteiger partial charge in [0.1, 0.15) is 17.3 Å². The lowest BCUT2D eigenvalue weighted by atomic mass is 10.2. The standard InChI is InChI=1S/C18H18ClN3O4S/c1-11-9-13(19)4-7-15(11)25-10-17(24)21-22-18(27)20-16(23)8-6-14-5-3-12(2)26-14/h3-9H,10H2,1-2H3,(H,21,24)(H2,20,22,23,27)/b8-6+. The molecule has 1 aromatic heterocycles. The molecule has 2 aromatic rings. The molecule has 1 heterocycles. The largest absolute Gasteiger partial charge is 0.483 e. The number of benzene rings is 1. The summed E-state index contributed by atoms with van der Waals surface area (Å²) in [6, 6.07) is 8.60. The molecule has 0 unspecified atom stereocenters. The maximum Gasteiger partial charge on any atom is 0.276 e. The van der Waals surface area contributed by atoms with Crippen LogP contribution in [0.4, 0.5) is 0 Å². The average molecular weight is 408 g/mol. The molecular formula is C18H18ClN3O4S. The number of amides is 2. The highest BCUT2D eigenvalue weighted by atomic mass is 35.5. The van der Waals surface area contributed by atoms with Crippen LogP contribution < -0.4 is 20.9 Å². The minimum absolute atomic E-state index is 0.0590. The lowest BCUT2D eigenvalue weighted by molar-refractivity contribution is -0.123. The van der Waals surface area contributed by atoms with Crippen LogP contribution in [0.1, 0.15) is 17.1 Å². The maximum absolute atomic E-state index is 11.8. The van der Waals surface area contributed by atoms with Crippen molar-refractivity contribution in [3.63, 3.8) is 0 Å². The van der Waals surface area contributed by atoms with E-state index in [4.69, 9.17) is 33.0 Å². The normalized spacial score (nSPS) is 10.5. The van der Waals surface area contributed by atoms with Crippen LogP contribution in [0.15, 0.2) is 40.8 Å². The molecule has 0 saturated carbocycles. The van der Waals surface area contributed by atoms with Crippen molar-refractivity contribution in [2.75, 3.05) is 6.61 Å².